The smallest absolute Gasteiger partial charge is 0.254 e. The molecule has 0 bridgehead atoms. The second-order valence-corrected chi connectivity index (χ2v) is 5.21. The van der Waals surface area contributed by atoms with Crippen LogP contribution < -0.4 is 0 Å². The number of rotatable bonds is 1. The average Bonchev–Trinajstić information content (AvgIpc) is 2.80. The SMILES string of the molecule is Cn1ccc2c(C(=O)N3CCCC(O)C3)cccc21. The lowest BCUT2D eigenvalue weighted by Gasteiger charge is -2.30. The van der Waals surface area contributed by atoms with Gasteiger partial charge in [-0.15, -0.1) is 0 Å². The molecule has 1 saturated heterocycles. The van der Waals surface area contributed by atoms with E-state index >= 15 is 0 Å². The molecule has 19 heavy (non-hydrogen) atoms. The summed E-state index contributed by atoms with van der Waals surface area (Å²) >= 11 is 0. The summed E-state index contributed by atoms with van der Waals surface area (Å²) in [4.78, 5) is 14.3. The monoisotopic (exact) mass is 258 g/mol. The van der Waals surface area contributed by atoms with E-state index in [1.807, 2.05) is 42.1 Å². The standard InChI is InChI=1S/C15H18N2O2/c1-16-9-7-12-13(5-2-6-14(12)16)15(19)17-8-3-4-11(18)10-17/h2,5-7,9,11,18H,3-4,8,10H2,1H3. The number of fused-ring (bicyclic) bond motifs is 1. The van der Waals surface area contributed by atoms with Gasteiger partial charge in [-0.2, -0.15) is 0 Å². The highest BCUT2D eigenvalue weighted by Gasteiger charge is 2.24. The van der Waals surface area contributed by atoms with Gasteiger partial charge in [-0.3, -0.25) is 4.79 Å². The predicted octanol–water partition coefficient (Wildman–Crippen LogP) is 1.78. The number of amides is 1. The van der Waals surface area contributed by atoms with E-state index < -0.39 is 0 Å². The Bertz CT molecular complexity index is 618. The first-order chi connectivity index (χ1) is 9.16. The van der Waals surface area contributed by atoms with Crippen LogP contribution in [0.4, 0.5) is 0 Å². The van der Waals surface area contributed by atoms with Crippen molar-refractivity contribution >= 4 is 16.8 Å². The summed E-state index contributed by atoms with van der Waals surface area (Å²) in [6.45, 7) is 1.18. The minimum atomic E-state index is -0.382. The lowest BCUT2D eigenvalue weighted by molar-refractivity contribution is 0.0475. The number of carbonyl (C=O) groups is 1. The van der Waals surface area contributed by atoms with Crippen LogP contribution in [0.15, 0.2) is 30.5 Å². The summed E-state index contributed by atoms with van der Waals surface area (Å²) in [6, 6.07) is 7.77. The molecule has 1 aliphatic rings. The zero-order valence-corrected chi connectivity index (χ0v) is 11.0. The highest BCUT2D eigenvalue weighted by atomic mass is 16.3. The normalized spacial score (nSPS) is 19.9. The van der Waals surface area contributed by atoms with Gasteiger partial charge in [0.15, 0.2) is 0 Å². The summed E-state index contributed by atoms with van der Waals surface area (Å²) in [5, 5.41) is 10.7. The molecule has 4 heteroatoms. The molecule has 1 unspecified atom stereocenters. The van der Waals surface area contributed by atoms with Gasteiger partial charge in [0.2, 0.25) is 0 Å². The second kappa shape index (κ2) is 4.70. The number of hydrogen-bond donors (Lipinski definition) is 1. The molecule has 1 N–H and O–H groups in total. The molecule has 0 aliphatic carbocycles. The first-order valence-electron chi connectivity index (χ1n) is 6.68. The van der Waals surface area contributed by atoms with E-state index in [-0.39, 0.29) is 12.0 Å². The molecule has 0 saturated carbocycles. The lowest BCUT2D eigenvalue weighted by atomic mass is 10.0. The van der Waals surface area contributed by atoms with Gasteiger partial charge in [-0.1, -0.05) is 6.07 Å². The molecule has 1 atom stereocenters. The Balaban J connectivity index is 1.97. The van der Waals surface area contributed by atoms with Crippen LogP contribution in [0.2, 0.25) is 0 Å². The van der Waals surface area contributed by atoms with Gasteiger partial charge < -0.3 is 14.6 Å². The van der Waals surface area contributed by atoms with Gasteiger partial charge in [-0.05, 0) is 31.0 Å². The van der Waals surface area contributed by atoms with Crippen molar-refractivity contribution in [2.24, 2.45) is 7.05 Å². The van der Waals surface area contributed by atoms with Gasteiger partial charge in [-0.25, -0.2) is 0 Å². The summed E-state index contributed by atoms with van der Waals surface area (Å²) in [7, 11) is 1.97. The fourth-order valence-corrected chi connectivity index (χ4v) is 2.80. The summed E-state index contributed by atoms with van der Waals surface area (Å²) < 4.78 is 2.01. The average molecular weight is 258 g/mol. The number of β-amino-alcohol motifs (C(OH)–C–C–N with tert-alkyl or cyclic N) is 1. The molecule has 1 fully saturated rings. The Labute approximate surface area is 112 Å². The number of aryl methyl sites for hydroxylation is 1. The van der Waals surface area contributed by atoms with Crippen molar-refractivity contribution in [1.82, 2.24) is 9.47 Å². The Morgan fingerprint density at radius 3 is 3.00 bits per heavy atom. The largest absolute Gasteiger partial charge is 0.391 e. The van der Waals surface area contributed by atoms with Gasteiger partial charge in [0.25, 0.3) is 5.91 Å². The molecule has 2 heterocycles. The number of nitrogens with zero attached hydrogens (tertiary/aromatic N) is 2. The fourth-order valence-electron chi connectivity index (χ4n) is 2.80. The quantitative estimate of drug-likeness (QED) is 0.847. The number of benzene rings is 1. The molecule has 0 radical (unpaired) electrons. The molecule has 2 aromatic rings. The molecule has 0 spiro atoms. The summed E-state index contributed by atoms with van der Waals surface area (Å²) in [5.74, 6) is 0.0237. The molecular formula is C15H18N2O2. The first kappa shape index (κ1) is 12.2. The molecular weight excluding hydrogens is 240 g/mol. The number of hydrogen-bond acceptors (Lipinski definition) is 2. The molecule has 4 nitrogen and oxygen atoms in total. The maximum Gasteiger partial charge on any atom is 0.254 e. The molecule has 3 rings (SSSR count). The zero-order valence-electron chi connectivity index (χ0n) is 11.0. The molecule has 1 aliphatic heterocycles. The van der Waals surface area contributed by atoms with Crippen molar-refractivity contribution in [2.75, 3.05) is 13.1 Å². The van der Waals surface area contributed by atoms with Crippen molar-refractivity contribution in [1.29, 1.82) is 0 Å². The Kier molecular flexibility index (Phi) is 3.03. The zero-order chi connectivity index (χ0) is 13.4. The van der Waals surface area contributed by atoms with E-state index in [1.165, 1.54) is 0 Å². The van der Waals surface area contributed by atoms with Crippen LogP contribution >= 0.6 is 0 Å². The van der Waals surface area contributed by atoms with Crippen LogP contribution in [0.25, 0.3) is 10.9 Å². The van der Waals surface area contributed by atoms with Crippen molar-refractivity contribution in [2.45, 2.75) is 18.9 Å². The molecule has 1 amide bonds. The highest BCUT2D eigenvalue weighted by Crippen LogP contribution is 2.22. The van der Waals surface area contributed by atoms with Crippen LogP contribution in [0.5, 0.6) is 0 Å². The van der Waals surface area contributed by atoms with Crippen LogP contribution in [0.3, 0.4) is 0 Å². The number of carbonyl (C=O) groups excluding carboxylic acids is 1. The van der Waals surface area contributed by atoms with Crippen molar-refractivity contribution in [3.05, 3.63) is 36.0 Å². The van der Waals surface area contributed by atoms with Gasteiger partial charge >= 0.3 is 0 Å². The van der Waals surface area contributed by atoms with E-state index in [0.29, 0.717) is 6.54 Å². The van der Waals surface area contributed by atoms with E-state index in [4.69, 9.17) is 0 Å². The van der Waals surface area contributed by atoms with E-state index in [2.05, 4.69) is 0 Å². The minimum absolute atomic E-state index is 0.0237. The maximum absolute atomic E-state index is 12.6. The third-order valence-electron chi connectivity index (χ3n) is 3.84. The number of aliphatic hydroxyl groups is 1. The van der Waals surface area contributed by atoms with Crippen molar-refractivity contribution in [3.63, 3.8) is 0 Å². The van der Waals surface area contributed by atoms with E-state index in [9.17, 15) is 9.90 Å². The lowest BCUT2D eigenvalue weighted by Crippen LogP contribution is -2.42. The maximum atomic E-state index is 12.6. The topological polar surface area (TPSA) is 45.5 Å². The van der Waals surface area contributed by atoms with E-state index in [1.54, 1.807) is 4.90 Å². The van der Waals surface area contributed by atoms with Crippen molar-refractivity contribution in [3.8, 4) is 0 Å². The van der Waals surface area contributed by atoms with Crippen LogP contribution in [0.1, 0.15) is 23.2 Å². The summed E-state index contributed by atoms with van der Waals surface area (Å²) in [6.07, 6.45) is 3.25. The molecule has 1 aromatic heterocycles. The first-order valence-corrected chi connectivity index (χ1v) is 6.68. The number of aromatic nitrogens is 1. The predicted molar refractivity (Wildman–Crippen MR) is 74.1 cm³/mol. The van der Waals surface area contributed by atoms with Crippen LogP contribution in [-0.2, 0) is 7.05 Å². The minimum Gasteiger partial charge on any atom is -0.391 e. The van der Waals surface area contributed by atoms with Crippen molar-refractivity contribution < 1.29 is 9.90 Å². The van der Waals surface area contributed by atoms with Gasteiger partial charge in [0, 0.05) is 42.8 Å². The number of aliphatic hydroxyl groups excluding tert-OH is 1. The summed E-state index contributed by atoms with van der Waals surface area (Å²) in [5.41, 5.74) is 1.79. The highest BCUT2D eigenvalue weighted by molar-refractivity contribution is 6.06. The van der Waals surface area contributed by atoms with Crippen LogP contribution in [-0.4, -0.2) is 39.7 Å². The fraction of sp³-hybridized carbons (Fsp3) is 0.400. The van der Waals surface area contributed by atoms with Gasteiger partial charge in [0.05, 0.1) is 6.10 Å². The number of likely N-dealkylation sites (tertiary alicyclic amines) is 1. The Morgan fingerprint density at radius 2 is 2.21 bits per heavy atom. The molecule has 100 valence electrons. The Hall–Kier alpha value is -1.81. The van der Waals surface area contributed by atoms with E-state index in [0.717, 1.165) is 35.9 Å². The third kappa shape index (κ3) is 2.12. The van der Waals surface area contributed by atoms with Gasteiger partial charge in [0.1, 0.15) is 0 Å². The Morgan fingerprint density at radius 1 is 1.37 bits per heavy atom. The van der Waals surface area contributed by atoms with Crippen LogP contribution in [0, 0.1) is 0 Å². The third-order valence-corrected chi connectivity index (χ3v) is 3.84. The number of piperidine rings is 1. The molecule has 1 aromatic carbocycles. The second-order valence-electron chi connectivity index (χ2n) is 5.21.